The lowest BCUT2D eigenvalue weighted by atomic mass is 10.1. The summed E-state index contributed by atoms with van der Waals surface area (Å²) in [6.45, 7) is 5.99. The Kier molecular flexibility index (Phi) is 8.93. The SMILES string of the molecule is C=CCCCCCCC(C)I. The van der Waals surface area contributed by atoms with E-state index in [0.717, 1.165) is 3.92 Å². The fourth-order valence-electron chi connectivity index (χ4n) is 1.07. The van der Waals surface area contributed by atoms with Gasteiger partial charge in [-0.15, -0.1) is 6.58 Å². The number of hydrogen-bond acceptors (Lipinski definition) is 0. The van der Waals surface area contributed by atoms with Crippen LogP contribution in [-0.4, -0.2) is 3.92 Å². The molecule has 11 heavy (non-hydrogen) atoms. The highest BCUT2D eigenvalue weighted by molar-refractivity contribution is 14.1. The molecule has 0 fully saturated rings. The lowest BCUT2D eigenvalue weighted by Gasteiger charge is -2.01. The molecule has 0 saturated heterocycles. The molecular weight excluding hydrogens is 247 g/mol. The first kappa shape index (κ1) is 11.5. The van der Waals surface area contributed by atoms with Gasteiger partial charge in [0.05, 0.1) is 0 Å². The number of halogens is 1. The molecule has 0 heterocycles. The normalized spacial score (nSPS) is 12.9. The van der Waals surface area contributed by atoms with Gasteiger partial charge in [-0.3, -0.25) is 0 Å². The molecule has 0 amide bonds. The first-order chi connectivity index (χ1) is 5.27. The van der Waals surface area contributed by atoms with Crippen LogP contribution in [0.1, 0.15) is 45.4 Å². The van der Waals surface area contributed by atoms with E-state index in [1.54, 1.807) is 0 Å². The standard InChI is InChI=1S/C10H19I/c1-3-4-5-6-7-8-9-10(2)11/h3,10H,1,4-9H2,2H3. The van der Waals surface area contributed by atoms with Crippen molar-refractivity contribution in [3.8, 4) is 0 Å². The van der Waals surface area contributed by atoms with Crippen molar-refractivity contribution < 1.29 is 0 Å². The van der Waals surface area contributed by atoms with Crippen molar-refractivity contribution in [2.75, 3.05) is 0 Å². The average Bonchev–Trinajstić information content (AvgIpc) is 1.96. The second-order valence-electron chi connectivity index (χ2n) is 3.06. The summed E-state index contributed by atoms with van der Waals surface area (Å²) >= 11 is 2.49. The van der Waals surface area contributed by atoms with Gasteiger partial charge in [-0.05, 0) is 19.3 Å². The van der Waals surface area contributed by atoms with Gasteiger partial charge in [0, 0.05) is 3.92 Å². The van der Waals surface area contributed by atoms with E-state index >= 15 is 0 Å². The summed E-state index contributed by atoms with van der Waals surface area (Å²) in [5, 5.41) is 0. The second-order valence-corrected chi connectivity index (χ2v) is 5.19. The number of unbranched alkanes of at least 4 members (excludes halogenated alkanes) is 4. The number of rotatable bonds is 7. The Labute approximate surface area is 84.6 Å². The summed E-state index contributed by atoms with van der Waals surface area (Å²) in [5.41, 5.74) is 0. The van der Waals surface area contributed by atoms with Crippen LogP contribution in [0.25, 0.3) is 0 Å². The predicted molar refractivity (Wildman–Crippen MR) is 61.4 cm³/mol. The molecule has 1 heteroatoms. The van der Waals surface area contributed by atoms with Gasteiger partial charge in [-0.25, -0.2) is 0 Å². The van der Waals surface area contributed by atoms with Crippen molar-refractivity contribution in [3.63, 3.8) is 0 Å². The van der Waals surface area contributed by atoms with Crippen LogP contribution in [0.15, 0.2) is 12.7 Å². The van der Waals surface area contributed by atoms with Crippen molar-refractivity contribution in [2.45, 2.75) is 49.4 Å². The van der Waals surface area contributed by atoms with Crippen molar-refractivity contribution in [1.29, 1.82) is 0 Å². The van der Waals surface area contributed by atoms with Crippen LogP contribution in [0.2, 0.25) is 0 Å². The van der Waals surface area contributed by atoms with Crippen molar-refractivity contribution in [2.24, 2.45) is 0 Å². The van der Waals surface area contributed by atoms with E-state index in [9.17, 15) is 0 Å². The molecule has 0 spiro atoms. The molecule has 0 aliphatic rings. The summed E-state index contributed by atoms with van der Waals surface area (Å²) in [5.74, 6) is 0. The van der Waals surface area contributed by atoms with Crippen LogP contribution in [0.3, 0.4) is 0 Å². The maximum atomic E-state index is 3.71. The first-order valence-electron chi connectivity index (χ1n) is 4.52. The lowest BCUT2D eigenvalue weighted by molar-refractivity contribution is 0.622. The van der Waals surface area contributed by atoms with E-state index in [4.69, 9.17) is 0 Å². The topological polar surface area (TPSA) is 0 Å². The summed E-state index contributed by atoms with van der Waals surface area (Å²) in [7, 11) is 0. The summed E-state index contributed by atoms with van der Waals surface area (Å²) < 4.78 is 0.854. The smallest absolute Gasteiger partial charge is 0.00813 e. The zero-order valence-electron chi connectivity index (χ0n) is 7.48. The van der Waals surface area contributed by atoms with Gasteiger partial charge in [0.25, 0.3) is 0 Å². The molecule has 66 valence electrons. The molecule has 0 nitrogen and oxygen atoms in total. The molecule has 0 aromatic heterocycles. The zero-order valence-corrected chi connectivity index (χ0v) is 9.64. The Hall–Kier alpha value is 0.470. The molecule has 1 unspecified atom stereocenters. The van der Waals surface area contributed by atoms with Crippen LogP contribution in [0.4, 0.5) is 0 Å². The molecule has 1 atom stereocenters. The van der Waals surface area contributed by atoms with E-state index < -0.39 is 0 Å². The molecule has 0 aliphatic carbocycles. The highest BCUT2D eigenvalue weighted by atomic mass is 127. The van der Waals surface area contributed by atoms with Crippen molar-refractivity contribution in [1.82, 2.24) is 0 Å². The van der Waals surface area contributed by atoms with E-state index in [2.05, 4.69) is 36.1 Å². The molecule has 0 bridgehead atoms. The Morgan fingerprint density at radius 3 is 2.45 bits per heavy atom. The Morgan fingerprint density at radius 1 is 1.27 bits per heavy atom. The summed E-state index contributed by atoms with van der Waals surface area (Å²) in [6, 6.07) is 0. The average molecular weight is 266 g/mol. The molecule has 0 aromatic rings. The second kappa shape index (κ2) is 8.57. The number of allylic oxidation sites excluding steroid dienone is 1. The van der Waals surface area contributed by atoms with Crippen LogP contribution in [0.5, 0.6) is 0 Å². The third-order valence-corrected chi connectivity index (χ3v) is 2.38. The molecule has 0 rings (SSSR count). The van der Waals surface area contributed by atoms with Gasteiger partial charge in [0.2, 0.25) is 0 Å². The minimum atomic E-state index is 0.854. The van der Waals surface area contributed by atoms with Gasteiger partial charge < -0.3 is 0 Å². The van der Waals surface area contributed by atoms with E-state index in [1.807, 2.05) is 6.08 Å². The third kappa shape index (κ3) is 10.5. The molecule has 0 radical (unpaired) electrons. The number of alkyl halides is 1. The van der Waals surface area contributed by atoms with E-state index in [-0.39, 0.29) is 0 Å². The molecular formula is C10H19I. The summed E-state index contributed by atoms with van der Waals surface area (Å²) in [4.78, 5) is 0. The minimum absolute atomic E-state index is 0.854. The van der Waals surface area contributed by atoms with Crippen LogP contribution < -0.4 is 0 Å². The summed E-state index contributed by atoms with van der Waals surface area (Å²) in [6.07, 6.45) is 10.1. The van der Waals surface area contributed by atoms with Gasteiger partial charge >= 0.3 is 0 Å². The highest BCUT2D eigenvalue weighted by Gasteiger charge is 1.94. The van der Waals surface area contributed by atoms with Gasteiger partial charge in [0.1, 0.15) is 0 Å². The Balaban J connectivity index is 2.85. The third-order valence-electron chi connectivity index (χ3n) is 1.76. The van der Waals surface area contributed by atoms with Crippen molar-refractivity contribution >= 4 is 22.6 Å². The van der Waals surface area contributed by atoms with Crippen molar-refractivity contribution in [3.05, 3.63) is 12.7 Å². The minimum Gasteiger partial charge on any atom is -0.103 e. The van der Waals surface area contributed by atoms with Crippen LogP contribution >= 0.6 is 22.6 Å². The molecule has 0 N–H and O–H groups in total. The predicted octanol–water partition coefficient (Wildman–Crippen LogP) is 4.34. The molecule has 0 saturated carbocycles. The van der Waals surface area contributed by atoms with Crippen LogP contribution in [-0.2, 0) is 0 Å². The monoisotopic (exact) mass is 266 g/mol. The quantitative estimate of drug-likeness (QED) is 0.278. The van der Waals surface area contributed by atoms with Crippen LogP contribution in [0, 0.1) is 0 Å². The number of hydrogen-bond donors (Lipinski definition) is 0. The fraction of sp³-hybridized carbons (Fsp3) is 0.800. The van der Waals surface area contributed by atoms with E-state index in [0.29, 0.717) is 0 Å². The maximum absolute atomic E-state index is 3.71. The van der Waals surface area contributed by atoms with Gasteiger partial charge in [0.15, 0.2) is 0 Å². The molecule has 0 aliphatic heterocycles. The van der Waals surface area contributed by atoms with Gasteiger partial charge in [-0.2, -0.15) is 0 Å². The lowest BCUT2D eigenvalue weighted by Crippen LogP contribution is -1.88. The largest absolute Gasteiger partial charge is 0.103 e. The van der Waals surface area contributed by atoms with Gasteiger partial charge in [-0.1, -0.05) is 54.9 Å². The fourth-order valence-corrected chi connectivity index (χ4v) is 1.51. The Morgan fingerprint density at radius 2 is 1.91 bits per heavy atom. The van der Waals surface area contributed by atoms with E-state index in [1.165, 1.54) is 38.5 Å². The Bertz CT molecular complexity index is 86.9. The first-order valence-corrected chi connectivity index (χ1v) is 5.77. The zero-order chi connectivity index (χ0) is 8.53. The highest BCUT2D eigenvalue weighted by Crippen LogP contribution is 2.11. The maximum Gasteiger partial charge on any atom is 0.00813 e. The molecule has 0 aromatic carbocycles.